The fraction of sp³-hybridized carbons (Fsp3) is 0.462. The molecule has 0 saturated heterocycles. The fourth-order valence-corrected chi connectivity index (χ4v) is 3.04. The molecule has 0 aliphatic heterocycles. The number of ether oxygens (including phenoxy) is 1. The number of halogens is 2. The van der Waals surface area contributed by atoms with Gasteiger partial charge in [0, 0.05) is 6.04 Å². The predicted octanol–water partition coefficient (Wildman–Crippen LogP) is 2.60. The van der Waals surface area contributed by atoms with E-state index in [2.05, 4.69) is 31.9 Å². The van der Waals surface area contributed by atoms with Crippen LogP contribution in [0.5, 0.6) is 5.75 Å². The third-order valence-corrected chi connectivity index (χ3v) is 3.76. The lowest BCUT2D eigenvalue weighted by Crippen LogP contribution is -2.26. The van der Waals surface area contributed by atoms with Crippen molar-refractivity contribution in [2.75, 3.05) is 6.61 Å². The van der Waals surface area contributed by atoms with Gasteiger partial charge in [0.05, 0.1) is 21.5 Å². The third kappa shape index (κ3) is 5.12. The topological polar surface area (TPSA) is 78.3 Å². The second-order valence-corrected chi connectivity index (χ2v) is 6.39. The molecule has 0 aromatic heterocycles. The Hall–Kier alpha value is -0.590. The minimum atomic E-state index is -0.374. The first-order valence-corrected chi connectivity index (χ1v) is 7.55. The van der Waals surface area contributed by atoms with Gasteiger partial charge in [0.15, 0.2) is 0 Å². The monoisotopic (exact) mass is 392 g/mol. The van der Waals surface area contributed by atoms with Gasteiger partial charge in [-0.05, 0) is 62.9 Å². The van der Waals surface area contributed by atoms with Crippen LogP contribution in [-0.2, 0) is 11.2 Å². The molecule has 1 amide bonds. The molecule has 106 valence electrons. The molecule has 4 nitrogen and oxygen atoms in total. The van der Waals surface area contributed by atoms with Crippen molar-refractivity contribution in [3.05, 3.63) is 26.6 Å². The van der Waals surface area contributed by atoms with E-state index in [0.29, 0.717) is 5.75 Å². The Labute approximate surface area is 130 Å². The molecule has 0 fully saturated rings. The quantitative estimate of drug-likeness (QED) is 0.779. The second kappa shape index (κ2) is 7.26. The number of hydrogen-bond acceptors (Lipinski definition) is 3. The Morgan fingerprint density at radius 1 is 1.32 bits per heavy atom. The van der Waals surface area contributed by atoms with Crippen molar-refractivity contribution >= 4 is 37.8 Å². The largest absolute Gasteiger partial charge is 0.490 e. The first-order chi connectivity index (χ1) is 8.81. The molecule has 0 bridgehead atoms. The summed E-state index contributed by atoms with van der Waals surface area (Å²) < 4.78 is 7.28. The van der Waals surface area contributed by atoms with E-state index < -0.39 is 0 Å². The number of carbonyl (C=O) groups is 1. The molecule has 0 heterocycles. The lowest BCUT2D eigenvalue weighted by molar-refractivity contribution is -0.122. The summed E-state index contributed by atoms with van der Waals surface area (Å²) in [5.74, 6) is -0.0371. The van der Waals surface area contributed by atoms with Crippen LogP contribution in [0.15, 0.2) is 21.1 Å². The van der Waals surface area contributed by atoms with Crippen molar-refractivity contribution in [1.82, 2.24) is 0 Å². The first-order valence-electron chi connectivity index (χ1n) is 5.97. The van der Waals surface area contributed by atoms with Crippen LogP contribution in [-0.4, -0.2) is 18.6 Å². The molecule has 19 heavy (non-hydrogen) atoms. The van der Waals surface area contributed by atoms with Gasteiger partial charge in [-0.1, -0.05) is 6.92 Å². The number of rotatable bonds is 6. The fourth-order valence-electron chi connectivity index (χ4n) is 1.53. The highest BCUT2D eigenvalue weighted by Gasteiger charge is 2.14. The number of carbonyl (C=O) groups excluding carboxylic acids is 1. The van der Waals surface area contributed by atoms with Gasteiger partial charge in [-0.25, -0.2) is 0 Å². The van der Waals surface area contributed by atoms with Crippen molar-refractivity contribution in [2.45, 2.75) is 26.3 Å². The lowest BCUT2D eigenvalue weighted by Gasteiger charge is -2.15. The average molecular weight is 394 g/mol. The maximum atomic E-state index is 11.0. The SMILES string of the molecule is CC(N)Cc1cc(Br)c(OCC(C)C(N)=O)c(Br)c1. The Morgan fingerprint density at radius 2 is 1.84 bits per heavy atom. The molecule has 0 aliphatic rings. The Kier molecular flexibility index (Phi) is 6.29. The van der Waals surface area contributed by atoms with Crippen molar-refractivity contribution in [2.24, 2.45) is 17.4 Å². The van der Waals surface area contributed by atoms with Crippen LogP contribution in [0, 0.1) is 5.92 Å². The molecular formula is C13H18Br2N2O2. The molecular weight excluding hydrogens is 376 g/mol. The average Bonchev–Trinajstić information content (AvgIpc) is 2.26. The van der Waals surface area contributed by atoms with Gasteiger partial charge in [0.25, 0.3) is 0 Å². The van der Waals surface area contributed by atoms with E-state index in [1.54, 1.807) is 6.92 Å². The van der Waals surface area contributed by atoms with Crippen LogP contribution in [0.3, 0.4) is 0 Å². The first kappa shape index (κ1) is 16.5. The van der Waals surface area contributed by atoms with Gasteiger partial charge >= 0.3 is 0 Å². The Morgan fingerprint density at radius 3 is 2.26 bits per heavy atom. The third-order valence-electron chi connectivity index (χ3n) is 2.58. The Balaban J connectivity index is 2.82. The van der Waals surface area contributed by atoms with Gasteiger partial charge in [-0.2, -0.15) is 0 Å². The molecule has 1 aromatic rings. The van der Waals surface area contributed by atoms with E-state index in [0.717, 1.165) is 20.9 Å². The van der Waals surface area contributed by atoms with Crippen LogP contribution < -0.4 is 16.2 Å². The summed E-state index contributed by atoms with van der Waals surface area (Å²) in [5, 5.41) is 0. The normalized spacial score (nSPS) is 13.9. The number of benzene rings is 1. The molecule has 0 aliphatic carbocycles. The molecule has 2 atom stereocenters. The molecule has 2 unspecified atom stereocenters. The summed E-state index contributed by atoms with van der Waals surface area (Å²) in [5.41, 5.74) is 12.1. The molecule has 0 saturated carbocycles. The van der Waals surface area contributed by atoms with Crippen LogP contribution in [0.4, 0.5) is 0 Å². The summed E-state index contributed by atoms with van der Waals surface area (Å²) in [6.45, 7) is 3.94. The van der Waals surface area contributed by atoms with Crippen LogP contribution >= 0.6 is 31.9 Å². The highest BCUT2D eigenvalue weighted by atomic mass is 79.9. The van der Waals surface area contributed by atoms with Crippen molar-refractivity contribution in [1.29, 1.82) is 0 Å². The minimum Gasteiger partial charge on any atom is -0.490 e. The Bertz CT molecular complexity index is 441. The van der Waals surface area contributed by atoms with Crippen molar-refractivity contribution in [3.8, 4) is 5.75 Å². The van der Waals surface area contributed by atoms with Gasteiger partial charge in [-0.15, -0.1) is 0 Å². The van der Waals surface area contributed by atoms with E-state index in [-0.39, 0.29) is 24.5 Å². The number of primary amides is 1. The smallest absolute Gasteiger partial charge is 0.223 e. The predicted molar refractivity (Wildman–Crippen MR) is 83.0 cm³/mol. The molecule has 0 spiro atoms. The highest BCUT2D eigenvalue weighted by molar-refractivity contribution is 9.11. The number of nitrogens with two attached hydrogens (primary N) is 2. The van der Waals surface area contributed by atoms with E-state index in [9.17, 15) is 4.79 Å². The zero-order chi connectivity index (χ0) is 14.6. The van der Waals surface area contributed by atoms with Gasteiger partial charge in [0.2, 0.25) is 5.91 Å². The highest BCUT2D eigenvalue weighted by Crippen LogP contribution is 2.35. The molecule has 6 heteroatoms. The zero-order valence-electron chi connectivity index (χ0n) is 11.0. The number of hydrogen-bond donors (Lipinski definition) is 2. The van der Waals surface area contributed by atoms with E-state index in [4.69, 9.17) is 16.2 Å². The maximum absolute atomic E-state index is 11.0. The van der Waals surface area contributed by atoms with Crippen LogP contribution in [0.25, 0.3) is 0 Å². The standard InChI is InChI=1S/C13H18Br2N2O2/c1-7(13(17)18)6-19-12-10(14)4-9(3-8(2)16)5-11(12)15/h4-5,7-8H,3,6,16H2,1-2H3,(H2,17,18). The molecule has 1 aromatic carbocycles. The zero-order valence-corrected chi connectivity index (χ0v) is 14.1. The molecule has 0 radical (unpaired) electrons. The number of amides is 1. The summed E-state index contributed by atoms with van der Waals surface area (Å²) in [6, 6.07) is 4.04. The summed E-state index contributed by atoms with van der Waals surface area (Å²) >= 11 is 6.93. The van der Waals surface area contributed by atoms with Gasteiger partial charge in [-0.3, -0.25) is 4.79 Å². The van der Waals surface area contributed by atoms with Gasteiger partial charge < -0.3 is 16.2 Å². The van der Waals surface area contributed by atoms with Crippen molar-refractivity contribution in [3.63, 3.8) is 0 Å². The van der Waals surface area contributed by atoms with Gasteiger partial charge in [0.1, 0.15) is 5.75 Å². The lowest BCUT2D eigenvalue weighted by atomic mass is 10.1. The minimum absolute atomic E-state index is 0.0976. The van der Waals surface area contributed by atoms with Crippen LogP contribution in [0.1, 0.15) is 19.4 Å². The van der Waals surface area contributed by atoms with Crippen LogP contribution in [0.2, 0.25) is 0 Å². The van der Waals surface area contributed by atoms with E-state index in [1.807, 2.05) is 19.1 Å². The maximum Gasteiger partial charge on any atom is 0.223 e. The molecule has 4 N–H and O–H groups in total. The van der Waals surface area contributed by atoms with Crippen molar-refractivity contribution < 1.29 is 9.53 Å². The molecule has 1 rings (SSSR count). The second-order valence-electron chi connectivity index (χ2n) is 4.68. The summed E-state index contributed by atoms with van der Waals surface area (Å²) in [6.07, 6.45) is 0.787. The summed E-state index contributed by atoms with van der Waals surface area (Å²) in [4.78, 5) is 11.0. The van der Waals surface area contributed by atoms with E-state index in [1.165, 1.54) is 0 Å². The van der Waals surface area contributed by atoms with E-state index >= 15 is 0 Å². The summed E-state index contributed by atoms with van der Waals surface area (Å²) in [7, 11) is 0.